The Balaban J connectivity index is 2.39. The van der Waals surface area contributed by atoms with Gasteiger partial charge >= 0.3 is 11.9 Å². The number of nitrogens with one attached hydrogen (secondary N) is 1. The SMILES string of the molecule is COC(=O)c1ccc(C(=O)OC)c(NC(=O)/C(C#N)=C/c2ccc(Cl)cc2)c1. The average Bonchev–Trinajstić information content (AvgIpc) is 2.71. The average molecular weight is 399 g/mol. The van der Waals surface area contributed by atoms with E-state index in [-0.39, 0.29) is 22.4 Å². The lowest BCUT2D eigenvalue weighted by Gasteiger charge is -2.11. The molecule has 0 radical (unpaired) electrons. The molecule has 0 bridgehead atoms. The normalized spacial score (nSPS) is 10.6. The number of rotatable bonds is 5. The second kappa shape index (κ2) is 9.35. The van der Waals surface area contributed by atoms with Crippen LogP contribution in [0.15, 0.2) is 48.0 Å². The number of carbonyl (C=O) groups excluding carboxylic acids is 3. The van der Waals surface area contributed by atoms with E-state index in [9.17, 15) is 19.6 Å². The lowest BCUT2D eigenvalue weighted by Crippen LogP contribution is -2.17. The molecule has 1 N–H and O–H groups in total. The summed E-state index contributed by atoms with van der Waals surface area (Å²) in [5, 5.41) is 12.3. The van der Waals surface area contributed by atoms with Crippen molar-refractivity contribution in [3.63, 3.8) is 0 Å². The molecule has 142 valence electrons. The van der Waals surface area contributed by atoms with E-state index in [1.54, 1.807) is 30.3 Å². The molecule has 0 heterocycles. The van der Waals surface area contributed by atoms with Crippen LogP contribution in [-0.4, -0.2) is 32.1 Å². The Morgan fingerprint density at radius 1 is 1.04 bits per heavy atom. The number of amides is 1. The molecule has 0 aliphatic rings. The number of hydrogen-bond acceptors (Lipinski definition) is 6. The van der Waals surface area contributed by atoms with E-state index in [1.807, 2.05) is 0 Å². The minimum Gasteiger partial charge on any atom is -0.465 e. The van der Waals surface area contributed by atoms with Crippen LogP contribution >= 0.6 is 11.6 Å². The van der Waals surface area contributed by atoms with Crippen molar-refractivity contribution in [3.05, 3.63) is 69.8 Å². The molecule has 0 saturated heterocycles. The summed E-state index contributed by atoms with van der Waals surface area (Å²) in [6, 6.07) is 12.3. The van der Waals surface area contributed by atoms with Gasteiger partial charge in [-0.25, -0.2) is 9.59 Å². The van der Waals surface area contributed by atoms with Crippen molar-refractivity contribution in [1.82, 2.24) is 0 Å². The number of methoxy groups -OCH3 is 2. The first-order chi connectivity index (χ1) is 13.4. The highest BCUT2D eigenvalue weighted by molar-refractivity contribution is 6.30. The Labute approximate surface area is 166 Å². The van der Waals surface area contributed by atoms with Crippen LogP contribution in [0.5, 0.6) is 0 Å². The maximum absolute atomic E-state index is 12.5. The van der Waals surface area contributed by atoms with Crippen LogP contribution in [0.4, 0.5) is 5.69 Å². The highest BCUT2D eigenvalue weighted by Crippen LogP contribution is 2.21. The van der Waals surface area contributed by atoms with Gasteiger partial charge in [-0.1, -0.05) is 23.7 Å². The summed E-state index contributed by atoms with van der Waals surface area (Å²) in [6.45, 7) is 0. The molecule has 28 heavy (non-hydrogen) atoms. The zero-order valence-electron chi connectivity index (χ0n) is 15.0. The van der Waals surface area contributed by atoms with Crippen LogP contribution in [0.3, 0.4) is 0 Å². The summed E-state index contributed by atoms with van der Waals surface area (Å²) in [7, 11) is 2.39. The molecule has 8 heteroatoms. The van der Waals surface area contributed by atoms with Crippen LogP contribution < -0.4 is 5.32 Å². The second-order valence-corrected chi connectivity index (χ2v) is 5.86. The fraction of sp³-hybridized carbons (Fsp3) is 0.100. The van der Waals surface area contributed by atoms with Crippen LogP contribution in [0.1, 0.15) is 26.3 Å². The zero-order chi connectivity index (χ0) is 20.7. The van der Waals surface area contributed by atoms with Crippen LogP contribution in [-0.2, 0) is 14.3 Å². The van der Waals surface area contributed by atoms with E-state index in [4.69, 9.17) is 11.6 Å². The highest BCUT2D eigenvalue weighted by Gasteiger charge is 2.19. The molecule has 0 spiro atoms. The first-order valence-corrected chi connectivity index (χ1v) is 8.26. The van der Waals surface area contributed by atoms with E-state index in [1.165, 1.54) is 38.5 Å². The third-order valence-corrected chi connectivity index (χ3v) is 3.89. The summed E-state index contributed by atoms with van der Waals surface area (Å²) in [5.41, 5.74) is 0.532. The van der Waals surface area contributed by atoms with Crippen molar-refractivity contribution in [2.45, 2.75) is 0 Å². The summed E-state index contributed by atoms with van der Waals surface area (Å²) in [6.07, 6.45) is 1.37. The van der Waals surface area contributed by atoms with Crippen molar-refractivity contribution in [1.29, 1.82) is 5.26 Å². The minimum absolute atomic E-state index is 0.0111. The number of carbonyl (C=O) groups is 3. The first kappa shape index (κ1) is 20.7. The Morgan fingerprint density at radius 2 is 1.68 bits per heavy atom. The fourth-order valence-corrected chi connectivity index (χ4v) is 2.37. The largest absolute Gasteiger partial charge is 0.465 e. The van der Waals surface area contributed by atoms with Crippen molar-refractivity contribution >= 4 is 41.2 Å². The number of hydrogen-bond donors (Lipinski definition) is 1. The van der Waals surface area contributed by atoms with Gasteiger partial charge in [0.15, 0.2) is 0 Å². The zero-order valence-corrected chi connectivity index (χ0v) is 15.7. The first-order valence-electron chi connectivity index (χ1n) is 7.89. The van der Waals surface area contributed by atoms with Crippen molar-refractivity contribution in [2.24, 2.45) is 0 Å². The smallest absolute Gasteiger partial charge is 0.339 e. The van der Waals surface area contributed by atoms with E-state index in [0.29, 0.717) is 10.6 Å². The second-order valence-electron chi connectivity index (χ2n) is 5.42. The molecular weight excluding hydrogens is 384 g/mol. The quantitative estimate of drug-likeness (QED) is 0.469. The van der Waals surface area contributed by atoms with Crippen LogP contribution in [0.2, 0.25) is 5.02 Å². The molecule has 2 aromatic carbocycles. The maximum atomic E-state index is 12.5. The Hall–Kier alpha value is -3.63. The standard InChI is InChI=1S/C20H15ClN2O5/c1-27-19(25)13-5-8-16(20(26)28-2)17(10-13)23-18(24)14(11-22)9-12-3-6-15(21)7-4-12/h3-10H,1-2H3,(H,23,24)/b14-9+. The Kier molecular flexibility index (Phi) is 6.90. The summed E-state index contributed by atoms with van der Waals surface area (Å²) < 4.78 is 9.32. The van der Waals surface area contributed by atoms with Crippen LogP contribution in [0, 0.1) is 11.3 Å². The molecule has 2 rings (SSSR count). The van der Waals surface area contributed by atoms with Gasteiger partial charge in [0.05, 0.1) is 31.0 Å². The maximum Gasteiger partial charge on any atom is 0.339 e. The van der Waals surface area contributed by atoms with Gasteiger partial charge in [-0.3, -0.25) is 4.79 Å². The highest BCUT2D eigenvalue weighted by atomic mass is 35.5. The number of esters is 2. The van der Waals surface area contributed by atoms with Gasteiger partial charge in [-0.05, 0) is 42.0 Å². The predicted octanol–water partition coefficient (Wildman–Crippen LogP) is 3.46. The van der Waals surface area contributed by atoms with Gasteiger partial charge in [0.25, 0.3) is 5.91 Å². The fourth-order valence-electron chi connectivity index (χ4n) is 2.24. The number of anilines is 1. The Bertz CT molecular complexity index is 991. The van der Waals surface area contributed by atoms with Gasteiger partial charge in [0.2, 0.25) is 0 Å². The molecule has 0 aliphatic carbocycles. The molecule has 2 aromatic rings. The monoisotopic (exact) mass is 398 g/mol. The molecule has 0 aliphatic heterocycles. The van der Waals surface area contributed by atoms with Crippen molar-refractivity contribution < 1.29 is 23.9 Å². The predicted molar refractivity (Wildman–Crippen MR) is 103 cm³/mol. The molecule has 1 amide bonds. The van der Waals surface area contributed by atoms with E-state index in [2.05, 4.69) is 14.8 Å². The molecule has 0 saturated carbocycles. The number of halogens is 1. The van der Waals surface area contributed by atoms with Gasteiger partial charge in [0.1, 0.15) is 11.6 Å². The van der Waals surface area contributed by atoms with E-state index < -0.39 is 17.8 Å². The molecule has 0 fully saturated rings. The number of benzene rings is 2. The topological polar surface area (TPSA) is 105 Å². The Morgan fingerprint density at radius 3 is 2.25 bits per heavy atom. The molecule has 7 nitrogen and oxygen atoms in total. The summed E-state index contributed by atoms with van der Waals surface area (Å²) in [4.78, 5) is 36.2. The summed E-state index contributed by atoms with van der Waals surface area (Å²) >= 11 is 5.82. The number of ether oxygens (including phenoxy) is 2. The van der Waals surface area contributed by atoms with Crippen molar-refractivity contribution in [2.75, 3.05) is 19.5 Å². The van der Waals surface area contributed by atoms with Gasteiger partial charge in [-0.15, -0.1) is 0 Å². The van der Waals surface area contributed by atoms with Crippen LogP contribution in [0.25, 0.3) is 6.08 Å². The van der Waals surface area contributed by atoms with Gasteiger partial charge < -0.3 is 14.8 Å². The number of nitrogens with zero attached hydrogens (tertiary/aromatic N) is 1. The molecule has 0 atom stereocenters. The third kappa shape index (κ3) is 4.96. The third-order valence-electron chi connectivity index (χ3n) is 3.64. The van der Waals surface area contributed by atoms with Gasteiger partial charge in [0, 0.05) is 5.02 Å². The van der Waals surface area contributed by atoms with Gasteiger partial charge in [-0.2, -0.15) is 5.26 Å². The molecular formula is C20H15ClN2O5. The van der Waals surface area contributed by atoms with E-state index >= 15 is 0 Å². The lowest BCUT2D eigenvalue weighted by molar-refractivity contribution is -0.112. The molecule has 0 aromatic heterocycles. The number of nitriles is 1. The van der Waals surface area contributed by atoms with Crippen molar-refractivity contribution in [3.8, 4) is 6.07 Å². The lowest BCUT2D eigenvalue weighted by atomic mass is 10.1. The molecule has 0 unspecified atom stereocenters. The van der Waals surface area contributed by atoms with E-state index in [0.717, 1.165) is 0 Å². The summed E-state index contributed by atoms with van der Waals surface area (Å²) in [5.74, 6) is -2.12. The minimum atomic E-state index is -0.760.